The Morgan fingerprint density at radius 3 is 2.39 bits per heavy atom. The van der Waals surface area contributed by atoms with Crippen LogP contribution in [0.3, 0.4) is 0 Å². The van der Waals surface area contributed by atoms with Gasteiger partial charge in [0.15, 0.2) is 0 Å². The fourth-order valence-electron chi connectivity index (χ4n) is 1.70. The van der Waals surface area contributed by atoms with Crippen molar-refractivity contribution in [3.05, 3.63) is 0 Å². The lowest BCUT2D eigenvalue weighted by atomic mass is 9.96. The normalized spacial score (nSPS) is 17.1. The lowest BCUT2D eigenvalue weighted by Gasteiger charge is -2.18. The van der Waals surface area contributed by atoms with E-state index in [-0.39, 0.29) is 17.9 Å². The second kappa shape index (κ2) is 6.18. The first-order valence-corrected chi connectivity index (χ1v) is 6.62. The molecule has 18 heavy (non-hydrogen) atoms. The number of carbonyl (C=O) groups excluding carboxylic acids is 2. The van der Waals surface area contributed by atoms with E-state index in [4.69, 9.17) is 5.73 Å². The average molecular weight is 255 g/mol. The molecule has 0 aliphatic heterocycles. The van der Waals surface area contributed by atoms with Gasteiger partial charge in [-0.1, -0.05) is 20.8 Å². The summed E-state index contributed by atoms with van der Waals surface area (Å²) in [5.74, 6) is 0.488. The molecular formula is C13H25N3O2. The zero-order valence-corrected chi connectivity index (χ0v) is 11.6. The number of carbonyl (C=O) groups is 2. The van der Waals surface area contributed by atoms with Crippen LogP contribution in [0.4, 0.5) is 0 Å². The quantitative estimate of drug-likeness (QED) is 0.642. The zero-order chi connectivity index (χ0) is 13.8. The molecule has 4 N–H and O–H groups in total. The van der Waals surface area contributed by atoms with Gasteiger partial charge in [0.05, 0.1) is 0 Å². The van der Waals surface area contributed by atoms with Crippen molar-refractivity contribution in [2.45, 2.75) is 46.1 Å². The molecule has 5 nitrogen and oxygen atoms in total. The van der Waals surface area contributed by atoms with E-state index in [1.54, 1.807) is 0 Å². The monoisotopic (exact) mass is 255 g/mol. The highest BCUT2D eigenvalue weighted by atomic mass is 16.2. The minimum absolute atomic E-state index is 0.0344. The predicted molar refractivity (Wildman–Crippen MR) is 70.8 cm³/mol. The number of hydrogen-bond acceptors (Lipinski definition) is 3. The second-order valence-corrected chi connectivity index (χ2v) is 6.00. The lowest BCUT2D eigenvalue weighted by Crippen LogP contribution is -2.43. The van der Waals surface area contributed by atoms with Gasteiger partial charge in [-0.2, -0.15) is 0 Å². The first-order chi connectivity index (χ1) is 8.34. The van der Waals surface area contributed by atoms with Crippen LogP contribution in [-0.2, 0) is 9.59 Å². The van der Waals surface area contributed by atoms with Crippen molar-refractivity contribution in [2.24, 2.45) is 17.1 Å². The van der Waals surface area contributed by atoms with Crippen molar-refractivity contribution in [1.29, 1.82) is 0 Å². The molecule has 104 valence electrons. The van der Waals surface area contributed by atoms with Crippen LogP contribution in [0.2, 0.25) is 0 Å². The van der Waals surface area contributed by atoms with Crippen LogP contribution >= 0.6 is 0 Å². The Morgan fingerprint density at radius 1 is 1.33 bits per heavy atom. The maximum atomic E-state index is 11.7. The van der Waals surface area contributed by atoms with Gasteiger partial charge in [-0.3, -0.25) is 9.59 Å². The molecule has 0 radical (unpaired) electrons. The summed E-state index contributed by atoms with van der Waals surface area (Å²) >= 11 is 0. The summed E-state index contributed by atoms with van der Waals surface area (Å²) in [6.07, 6.45) is 2.62. The number of nitrogens with two attached hydrogens (primary N) is 1. The van der Waals surface area contributed by atoms with Crippen LogP contribution in [0.25, 0.3) is 0 Å². The van der Waals surface area contributed by atoms with Gasteiger partial charge in [-0.25, -0.2) is 0 Å². The largest absolute Gasteiger partial charge is 0.355 e. The fourth-order valence-corrected chi connectivity index (χ4v) is 1.70. The first-order valence-electron chi connectivity index (χ1n) is 6.62. The maximum absolute atomic E-state index is 11.7. The van der Waals surface area contributed by atoms with Crippen molar-refractivity contribution in [3.63, 3.8) is 0 Å². The van der Waals surface area contributed by atoms with Gasteiger partial charge < -0.3 is 16.4 Å². The lowest BCUT2D eigenvalue weighted by molar-refractivity contribution is -0.128. The Morgan fingerprint density at radius 2 is 1.94 bits per heavy atom. The van der Waals surface area contributed by atoms with Gasteiger partial charge in [0.2, 0.25) is 11.8 Å². The highest BCUT2D eigenvalue weighted by molar-refractivity contribution is 5.82. The van der Waals surface area contributed by atoms with Gasteiger partial charge in [0.1, 0.15) is 0 Å². The van der Waals surface area contributed by atoms with Crippen LogP contribution in [0.1, 0.15) is 40.0 Å². The van der Waals surface area contributed by atoms with Crippen molar-refractivity contribution in [2.75, 3.05) is 13.1 Å². The third-order valence-corrected chi connectivity index (χ3v) is 3.11. The molecule has 0 heterocycles. The molecular weight excluding hydrogens is 230 g/mol. The van der Waals surface area contributed by atoms with Crippen molar-refractivity contribution >= 4 is 11.8 Å². The highest BCUT2D eigenvalue weighted by Gasteiger charge is 2.31. The highest BCUT2D eigenvalue weighted by Crippen LogP contribution is 2.32. The molecule has 5 heteroatoms. The van der Waals surface area contributed by atoms with E-state index in [1.165, 1.54) is 0 Å². The van der Waals surface area contributed by atoms with E-state index in [1.807, 2.05) is 20.8 Å². The third kappa shape index (κ3) is 5.04. The minimum Gasteiger partial charge on any atom is -0.355 e. The molecule has 0 aromatic heterocycles. The first kappa shape index (κ1) is 15.0. The van der Waals surface area contributed by atoms with E-state index in [2.05, 4.69) is 10.6 Å². The van der Waals surface area contributed by atoms with Gasteiger partial charge in [0.25, 0.3) is 0 Å². The number of rotatable bonds is 6. The molecule has 1 unspecified atom stereocenters. The molecule has 1 rings (SSSR count). The van der Waals surface area contributed by atoms with E-state index >= 15 is 0 Å². The molecule has 1 atom stereocenters. The summed E-state index contributed by atoms with van der Waals surface area (Å²) in [5, 5.41) is 5.68. The van der Waals surface area contributed by atoms with Crippen LogP contribution in [0.15, 0.2) is 0 Å². The van der Waals surface area contributed by atoms with E-state index in [0.717, 1.165) is 12.8 Å². The number of nitrogens with one attached hydrogen (secondary N) is 2. The predicted octanol–water partition coefficient (Wildman–Crippen LogP) is 0.392. The molecule has 0 bridgehead atoms. The summed E-state index contributed by atoms with van der Waals surface area (Å²) in [4.78, 5) is 23.2. The summed E-state index contributed by atoms with van der Waals surface area (Å²) in [6.45, 7) is 6.41. The molecule has 0 aromatic carbocycles. The Hall–Kier alpha value is -1.10. The van der Waals surface area contributed by atoms with E-state index < -0.39 is 5.41 Å². The van der Waals surface area contributed by atoms with Crippen LogP contribution < -0.4 is 16.4 Å². The Bertz CT molecular complexity index is 306. The number of amides is 2. The molecule has 1 aliphatic rings. The van der Waals surface area contributed by atoms with E-state index in [9.17, 15) is 9.59 Å². The van der Waals surface area contributed by atoms with Crippen LogP contribution in [-0.4, -0.2) is 30.9 Å². The third-order valence-electron chi connectivity index (χ3n) is 3.11. The SMILES string of the molecule is CC(C)(C)C(=O)NCCC(=O)NC(CN)C1CC1. The molecule has 0 aromatic rings. The number of hydrogen-bond donors (Lipinski definition) is 3. The Balaban J connectivity index is 2.19. The molecule has 0 spiro atoms. The summed E-state index contributed by atoms with van der Waals surface area (Å²) in [6, 6.07) is 0.107. The van der Waals surface area contributed by atoms with Crippen molar-refractivity contribution in [1.82, 2.24) is 10.6 Å². The average Bonchev–Trinajstić information content (AvgIpc) is 3.08. The van der Waals surface area contributed by atoms with Crippen molar-refractivity contribution in [3.8, 4) is 0 Å². The van der Waals surface area contributed by atoms with Crippen LogP contribution in [0.5, 0.6) is 0 Å². The van der Waals surface area contributed by atoms with Crippen molar-refractivity contribution < 1.29 is 9.59 Å². The van der Waals surface area contributed by atoms with Gasteiger partial charge in [0, 0.05) is 31.0 Å². The van der Waals surface area contributed by atoms with Gasteiger partial charge >= 0.3 is 0 Å². The molecule has 2 amide bonds. The van der Waals surface area contributed by atoms with E-state index in [0.29, 0.717) is 25.4 Å². The smallest absolute Gasteiger partial charge is 0.225 e. The minimum atomic E-state index is -0.412. The van der Waals surface area contributed by atoms with Crippen LogP contribution in [0, 0.1) is 11.3 Å². The Kier molecular flexibility index (Phi) is 5.14. The van der Waals surface area contributed by atoms with Gasteiger partial charge in [-0.05, 0) is 18.8 Å². The molecule has 1 fully saturated rings. The summed E-state index contributed by atoms with van der Waals surface area (Å²) in [5.41, 5.74) is 5.20. The zero-order valence-electron chi connectivity index (χ0n) is 11.6. The molecule has 1 aliphatic carbocycles. The fraction of sp³-hybridized carbons (Fsp3) is 0.846. The summed E-state index contributed by atoms with van der Waals surface area (Å²) in [7, 11) is 0. The molecule has 1 saturated carbocycles. The summed E-state index contributed by atoms with van der Waals surface area (Å²) < 4.78 is 0. The van der Waals surface area contributed by atoms with Gasteiger partial charge in [-0.15, -0.1) is 0 Å². The second-order valence-electron chi connectivity index (χ2n) is 6.00. The Labute approximate surface area is 109 Å². The topological polar surface area (TPSA) is 84.2 Å². The molecule has 0 saturated heterocycles. The standard InChI is InChI=1S/C13H25N3O2/c1-13(2,3)12(18)15-7-6-11(17)16-10(8-14)9-4-5-9/h9-10H,4-8,14H2,1-3H3,(H,15,18)(H,16,17). The maximum Gasteiger partial charge on any atom is 0.225 e.